The van der Waals surface area contributed by atoms with Gasteiger partial charge in [0, 0.05) is 19.5 Å². The molecule has 124 valence electrons. The van der Waals surface area contributed by atoms with E-state index in [0.29, 0.717) is 24.4 Å². The van der Waals surface area contributed by atoms with Crippen LogP contribution in [-0.2, 0) is 11.2 Å². The van der Waals surface area contributed by atoms with Gasteiger partial charge in [-0.1, -0.05) is 6.42 Å². The summed E-state index contributed by atoms with van der Waals surface area (Å²) in [6.07, 6.45) is 6.12. The molecule has 1 aromatic heterocycles. The van der Waals surface area contributed by atoms with Crippen molar-refractivity contribution in [2.75, 3.05) is 13.1 Å². The largest absolute Gasteiger partial charge is 0.481 e. The van der Waals surface area contributed by atoms with Crippen molar-refractivity contribution in [3.8, 4) is 0 Å². The van der Waals surface area contributed by atoms with Gasteiger partial charge in [-0.25, -0.2) is 4.98 Å². The highest BCUT2D eigenvalue weighted by Gasteiger charge is 2.56. The second kappa shape index (κ2) is 5.30. The van der Waals surface area contributed by atoms with Crippen LogP contribution in [-0.4, -0.2) is 40.0 Å². The molecule has 2 saturated carbocycles. The van der Waals surface area contributed by atoms with Gasteiger partial charge in [-0.3, -0.25) is 9.59 Å². The maximum absolute atomic E-state index is 12.9. The summed E-state index contributed by atoms with van der Waals surface area (Å²) in [7, 11) is 0. The number of hydrogen-bond acceptors (Lipinski definition) is 4. The number of aryl methyl sites for hydroxylation is 1. The van der Waals surface area contributed by atoms with Gasteiger partial charge in [-0.2, -0.15) is 0 Å². The Morgan fingerprint density at radius 1 is 1.39 bits per heavy atom. The van der Waals surface area contributed by atoms with Crippen LogP contribution in [0.1, 0.15) is 52.5 Å². The molecule has 1 amide bonds. The highest BCUT2D eigenvalue weighted by atomic mass is 32.1. The van der Waals surface area contributed by atoms with Gasteiger partial charge in [0.2, 0.25) is 0 Å². The number of hydrogen-bond donors (Lipinski definition) is 1. The predicted octanol–water partition coefficient (Wildman–Crippen LogP) is 2.73. The van der Waals surface area contributed by atoms with E-state index in [-0.39, 0.29) is 11.8 Å². The first kappa shape index (κ1) is 15.1. The quantitative estimate of drug-likeness (QED) is 0.919. The first-order valence-electron chi connectivity index (χ1n) is 8.48. The van der Waals surface area contributed by atoms with Gasteiger partial charge in [0.15, 0.2) is 0 Å². The molecule has 1 N–H and O–H groups in total. The molecule has 0 unspecified atom stereocenters. The minimum atomic E-state index is -0.731. The lowest BCUT2D eigenvalue weighted by Gasteiger charge is -2.23. The number of rotatable bonds is 4. The number of nitrogens with zero attached hydrogens (tertiary/aromatic N) is 2. The van der Waals surface area contributed by atoms with Gasteiger partial charge in [-0.05, 0) is 44.4 Å². The Morgan fingerprint density at radius 2 is 2.17 bits per heavy atom. The molecule has 2 aliphatic carbocycles. The molecule has 2 heterocycles. The van der Waals surface area contributed by atoms with Crippen molar-refractivity contribution in [1.82, 2.24) is 9.88 Å². The molecule has 3 aliphatic rings. The van der Waals surface area contributed by atoms with E-state index in [2.05, 4.69) is 4.98 Å². The summed E-state index contributed by atoms with van der Waals surface area (Å²) >= 11 is 1.51. The minimum absolute atomic E-state index is 0.0166. The second-order valence-electron chi connectivity index (χ2n) is 7.41. The number of thiazole rings is 1. The first-order valence-corrected chi connectivity index (χ1v) is 9.30. The van der Waals surface area contributed by atoms with Gasteiger partial charge in [0.05, 0.1) is 16.1 Å². The monoisotopic (exact) mass is 334 g/mol. The summed E-state index contributed by atoms with van der Waals surface area (Å²) < 4.78 is 0. The third kappa shape index (κ3) is 2.47. The zero-order chi connectivity index (χ0) is 16.2. The Labute approximate surface area is 139 Å². The topological polar surface area (TPSA) is 70.5 Å². The van der Waals surface area contributed by atoms with Gasteiger partial charge < -0.3 is 10.0 Å². The maximum atomic E-state index is 12.9. The fourth-order valence-electron chi connectivity index (χ4n) is 4.24. The Hall–Kier alpha value is -1.43. The van der Waals surface area contributed by atoms with Crippen LogP contribution in [0.15, 0.2) is 0 Å². The van der Waals surface area contributed by atoms with E-state index in [4.69, 9.17) is 0 Å². The molecule has 0 spiro atoms. The Balaban J connectivity index is 1.53. The maximum Gasteiger partial charge on any atom is 0.311 e. The van der Waals surface area contributed by atoms with Crippen molar-refractivity contribution in [2.45, 2.75) is 45.4 Å². The third-order valence-electron chi connectivity index (χ3n) is 5.78. The third-order valence-corrected chi connectivity index (χ3v) is 6.95. The fraction of sp³-hybridized carbons (Fsp3) is 0.706. The van der Waals surface area contributed by atoms with Crippen LogP contribution in [0.25, 0.3) is 0 Å². The van der Waals surface area contributed by atoms with E-state index in [0.717, 1.165) is 35.9 Å². The lowest BCUT2D eigenvalue weighted by Crippen LogP contribution is -2.37. The highest BCUT2D eigenvalue weighted by molar-refractivity contribution is 7.13. The van der Waals surface area contributed by atoms with E-state index in [9.17, 15) is 14.7 Å². The SMILES string of the molecule is Cc1nc(CC2CC2)sc1C(=O)N1C[C@@H]2CCC[C@@]2(C(=O)O)C1. The van der Waals surface area contributed by atoms with Crippen molar-refractivity contribution in [2.24, 2.45) is 17.3 Å². The van der Waals surface area contributed by atoms with Gasteiger partial charge in [-0.15, -0.1) is 11.3 Å². The lowest BCUT2D eigenvalue weighted by atomic mass is 9.81. The number of aromatic nitrogens is 1. The Morgan fingerprint density at radius 3 is 2.83 bits per heavy atom. The van der Waals surface area contributed by atoms with Crippen LogP contribution in [0.3, 0.4) is 0 Å². The van der Waals surface area contributed by atoms with E-state index >= 15 is 0 Å². The average molecular weight is 334 g/mol. The molecule has 2 atom stereocenters. The first-order chi connectivity index (χ1) is 11.0. The lowest BCUT2D eigenvalue weighted by molar-refractivity contribution is -0.149. The number of fused-ring (bicyclic) bond motifs is 1. The van der Waals surface area contributed by atoms with Gasteiger partial charge in [0.1, 0.15) is 4.88 Å². The fourth-order valence-corrected chi connectivity index (χ4v) is 5.39. The number of carboxylic acid groups (broad SMARTS) is 1. The van der Waals surface area contributed by atoms with Crippen molar-refractivity contribution in [3.05, 3.63) is 15.6 Å². The normalized spacial score (nSPS) is 29.8. The summed E-state index contributed by atoms with van der Waals surface area (Å²) in [6, 6.07) is 0. The molecule has 1 saturated heterocycles. The van der Waals surface area contributed by atoms with Gasteiger partial charge >= 0.3 is 5.97 Å². The number of likely N-dealkylation sites (tertiary alicyclic amines) is 1. The minimum Gasteiger partial charge on any atom is -0.481 e. The van der Waals surface area contributed by atoms with Crippen LogP contribution in [0.2, 0.25) is 0 Å². The second-order valence-corrected chi connectivity index (χ2v) is 8.49. The molecule has 0 radical (unpaired) electrons. The van der Waals surface area contributed by atoms with Gasteiger partial charge in [0.25, 0.3) is 5.91 Å². The number of aliphatic carboxylic acids is 1. The molecule has 1 aliphatic heterocycles. The molecule has 0 aromatic carbocycles. The molecule has 23 heavy (non-hydrogen) atoms. The predicted molar refractivity (Wildman–Crippen MR) is 86.6 cm³/mol. The smallest absolute Gasteiger partial charge is 0.311 e. The summed E-state index contributed by atoms with van der Waals surface area (Å²) in [6.45, 7) is 2.84. The standard InChI is InChI=1S/C17H22N2O3S/c1-10-14(23-13(18-10)7-11-4-5-11)15(20)19-8-12-3-2-6-17(12,9-19)16(21)22/h11-12H,2-9H2,1H3,(H,21,22)/t12-,17+/m0/s1. The molecular formula is C17H22N2O3S. The van der Waals surface area contributed by atoms with Crippen LogP contribution >= 0.6 is 11.3 Å². The van der Waals surface area contributed by atoms with E-state index in [1.807, 2.05) is 6.92 Å². The summed E-state index contributed by atoms with van der Waals surface area (Å²) in [5.74, 6) is 0.121. The zero-order valence-electron chi connectivity index (χ0n) is 13.4. The average Bonchev–Trinajstić information content (AvgIpc) is 2.93. The summed E-state index contributed by atoms with van der Waals surface area (Å²) in [4.78, 5) is 31.7. The molecule has 4 rings (SSSR count). The van der Waals surface area contributed by atoms with Crippen molar-refractivity contribution in [3.63, 3.8) is 0 Å². The molecule has 1 aromatic rings. The van der Waals surface area contributed by atoms with E-state index in [1.165, 1.54) is 24.2 Å². The van der Waals surface area contributed by atoms with Crippen molar-refractivity contribution in [1.29, 1.82) is 0 Å². The molecule has 0 bridgehead atoms. The van der Waals surface area contributed by atoms with Crippen molar-refractivity contribution < 1.29 is 14.7 Å². The summed E-state index contributed by atoms with van der Waals surface area (Å²) in [5.41, 5.74) is 0.0996. The van der Waals surface area contributed by atoms with Crippen LogP contribution in [0.4, 0.5) is 0 Å². The highest BCUT2D eigenvalue weighted by Crippen LogP contribution is 2.49. The van der Waals surface area contributed by atoms with E-state index in [1.54, 1.807) is 4.90 Å². The number of carbonyl (C=O) groups excluding carboxylic acids is 1. The number of amides is 1. The molecule has 3 fully saturated rings. The number of carboxylic acids is 1. The Bertz CT molecular complexity index is 667. The van der Waals surface area contributed by atoms with Crippen LogP contribution < -0.4 is 0 Å². The zero-order valence-corrected chi connectivity index (χ0v) is 14.2. The van der Waals surface area contributed by atoms with Crippen LogP contribution in [0, 0.1) is 24.2 Å². The van der Waals surface area contributed by atoms with Crippen molar-refractivity contribution >= 4 is 23.2 Å². The molecular weight excluding hydrogens is 312 g/mol. The molecule has 6 heteroatoms. The van der Waals surface area contributed by atoms with Crippen LogP contribution in [0.5, 0.6) is 0 Å². The van der Waals surface area contributed by atoms with E-state index < -0.39 is 11.4 Å². The summed E-state index contributed by atoms with van der Waals surface area (Å²) in [5, 5.41) is 10.7. The number of carbonyl (C=O) groups is 2. The Kier molecular flexibility index (Phi) is 3.48. The molecule has 5 nitrogen and oxygen atoms in total.